The molecule has 100 valence electrons. The van der Waals surface area contributed by atoms with Crippen molar-refractivity contribution >= 4 is 15.9 Å². The highest BCUT2D eigenvalue weighted by molar-refractivity contribution is 9.09. The summed E-state index contributed by atoms with van der Waals surface area (Å²) in [6.07, 6.45) is 3.04. The van der Waals surface area contributed by atoms with Gasteiger partial charge in [0.05, 0.1) is 0 Å². The highest BCUT2D eigenvalue weighted by atomic mass is 79.9. The zero-order valence-electron chi connectivity index (χ0n) is 10.4. The van der Waals surface area contributed by atoms with Gasteiger partial charge in [0, 0.05) is 22.5 Å². The van der Waals surface area contributed by atoms with Crippen LogP contribution in [0.4, 0.5) is 13.2 Å². The van der Waals surface area contributed by atoms with Gasteiger partial charge >= 0.3 is 0 Å². The standard InChI is InChI=1S/C14H16BrF3/c1-14(2)5-3-4-9(14)13(15)12-10(17)6-8(16)7-11(12)18/h6-7,9,13H,3-5H2,1-2H3. The summed E-state index contributed by atoms with van der Waals surface area (Å²) in [5, 5.41) is 0. The smallest absolute Gasteiger partial charge is 0.133 e. The molecule has 0 N–H and O–H groups in total. The van der Waals surface area contributed by atoms with Crippen molar-refractivity contribution in [3.8, 4) is 0 Å². The number of halogens is 4. The van der Waals surface area contributed by atoms with Gasteiger partial charge in [-0.15, -0.1) is 0 Å². The molecule has 2 rings (SSSR count). The largest absolute Gasteiger partial charge is 0.207 e. The van der Waals surface area contributed by atoms with Crippen molar-refractivity contribution in [2.45, 2.75) is 37.9 Å². The number of benzene rings is 1. The van der Waals surface area contributed by atoms with Crippen LogP contribution in [0.1, 0.15) is 43.5 Å². The second-order valence-corrected chi connectivity index (χ2v) is 6.66. The van der Waals surface area contributed by atoms with Crippen LogP contribution in [0.15, 0.2) is 12.1 Å². The average Bonchev–Trinajstić information content (AvgIpc) is 2.56. The summed E-state index contributed by atoms with van der Waals surface area (Å²) in [5.74, 6) is -2.33. The van der Waals surface area contributed by atoms with Gasteiger partial charge in [0.2, 0.25) is 0 Å². The van der Waals surface area contributed by atoms with Crippen LogP contribution in [-0.2, 0) is 0 Å². The first-order chi connectivity index (χ1) is 8.33. The third kappa shape index (κ3) is 2.44. The van der Waals surface area contributed by atoms with E-state index < -0.39 is 22.3 Å². The fourth-order valence-electron chi connectivity index (χ4n) is 2.91. The van der Waals surface area contributed by atoms with Crippen LogP contribution in [0.3, 0.4) is 0 Å². The Hall–Kier alpha value is -0.510. The Morgan fingerprint density at radius 2 is 1.78 bits per heavy atom. The van der Waals surface area contributed by atoms with Crippen LogP contribution in [0, 0.1) is 28.8 Å². The van der Waals surface area contributed by atoms with Crippen molar-refractivity contribution in [1.29, 1.82) is 0 Å². The molecule has 2 unspecified atom stereocenters. The maximum Gasteiger partial charge on any atom is 0.133 e. The molecule has 0 heterocycles. The molecule has 1 saturated carbocycles. The number of hydrogen-bond donors (Lipinski definition) is 0. The molecule has 1 fully saturated rings. The maximum atomic E-state index is 13.8. The minimum atomic E-state index is -0.876. The van der Waals surface area contributed by atoms with Gasteiger partial charge in [-0.1, -0.05) is 36.2 Å². The fourth-order valence-corrected chi connectivity index (χ4v) is 4.33. The summed E-state index contributed by atoms with van der Waals surface area (Å²) < 4.78 is 40.4. The van der Waals surface area contributed by atoms with Crippen molar-refractivity contribution in [1.82, 2.24) is 0 Å². The van der Waals surface area contributed by atoms with Gasteiger partial charge in [0.1, 0.15) is 17.5 Å². The SMILES string of the molecule is CC1(C)CCCC1C(Br)c1c(F)cc(F)cc1F. The first-order valence-electron chi connectivity index (χ1n) is 6.11. The summed E-state index contributed by atoms with van der Waals surface area (Å²) in [7, 11) is 0. The van der Waals surface area contributed by atoms with Crippen molar-refractivity contribution in [3.63, 3.8) is 0 Å². The molecule has 1 aromatic rings. The van der Waals surface area contributed by atoms with E-state index in [9.17, 15) is 13.2 Å². The molecule has 0 spiro atoms. The molecule has 0 aliphatic heterocycles. The Labute approximate surface area is 114 Å². The molecule has 1 aliphatic carbocycles. The van der Waals surface area contributed by atoms with Crippen molar-refractivity contribution in [2.75, 3.05) is 0 Å². The van der Waals surface area contributed by atoms with Gasteiger partial charge in [0.25, 0.3) is 0 Å². The molecular formula is C14H16BrF3. The Morgan fingerprint density at radius 1 is 1.22 bits per heavy atom. The van der Waals surface area contributed by atoms with E-state index in [1.165, 1.54) is 0 Å². The van der Waals surface area contributed by atoms with Crippen molar-refractivity contribution in [2.24, 2.45) is 11.3 Å². The van der Waals surface area contributed by atoms with Gasteiger partial charge < -0.3 is 0 Å². The topological polar surface area (TPSA) is 0 Å². The minimum absolute atomic E-state index is 0.0431. The van der Waals surface area contributed by atoms with E-state index in [4.69, 9.17) is 0 Å². The van der Waals surface area contributed by atoms with E-state index >= 15 is 0 Å². The molecule has 2 atom stereocenters. The van der Waals surface area contributed by atoms with Crippen LogP contribution in [0.25, 0.3) is 0 Å². The first kappa shape index (κ1) is 13.9. The summed E-state index contributed by atoms with van der Waals surface area (Å²) in [5.41, 5.74) is -0.00194. The van der Waals surface area contributed by atoms with Crippen LogP contribution in [0.5, 0.6) is 0 Å². The molecule has 0 saturated heterocycles. The van der Waals surface area contributed by atoms with Gasteiger partial charge in [0.15, 0.2) is 0 Å². The highest BCUT2D eigenvalue weighted by Gasteiger charge is 2.40. The van der Waals surface area contributed by atoms with E-state index in [-0.39, 0.29) is 16.9 Å². The van der Waals surface area contributed by atoms with Crippen LogP contribution < -0.4 is 0 Å². The molecule has 0 radical (unpaired) electrons. The molecule has 4 heteroatoms. The van der Waals surface area contributed by atoms with E-state index in [1.54, 1.807) is 0 Å². The highest BCUT2D eigenvalue weighted by Crippen LogP contribution is 2.52. The van der Waals surface area contributed by atoms with Crippen molar-refractivity contribution in [3.05, 3.63) is 35.1 Å². The lowest BCUT2D eigenvalue weighted by Gasteiger charge is -2.31. The lowest BCUT2D eigenvalue weighted by Crippen LogP contribution is -2.22. The fraction of sp³-hybridized carbons (Fsp3) is 0.571. The average molecular weight is 321 g/mol. The minimum Gasteiger partial charge on any atom is -0.207 e. The second-order valence-electron chi connectivity index (χ2n) is 5.67. The number of rotatable bonds is 2. The third-order valence-corrected chi connectivity index (χ3v) is 5.11. The summed E-state index contributed by atoms with van der Waals surface area (Å²) in [6, 6.07) is 1.49. The monoisotopic (exact) mass is 320 g/mol. The van der Waals surface area contributed by atoms with Gasteiger partial charge in [-0.25, -0.2) is 13.2 Å². The predicted molar refractivity (Wildman–Crippen MR) is 69.1 cm³/mol. The molecule has 18 heavy (non-hydrogen) atoms. The number of hydrogen-bond acceptors (Lipinski definition) is 0. The zero-order chi connectivity index (χ0) is 13.5. The van der Waals surface area contributed by atoms with Crippen LogP contribution in [0.2, 0.25) is 0 Å². The van der Waals surface area contributed by atoms with Gasteiger partial charge in [-0.2, -0.15) is 0 Å². The van der Waals surface area contributed by atoms with E-state index in [1.807, 2.05) is 0 Å². The normalized spacial score (nSPS) is 24.2. The summed E-state index contributed by atoms with van der Waals surface area (Å²) >= 11 is 3.41. The molecule has 0 aromatic heterocycles. The maximum absolute atomic E-state index is 13.8. The Kier molecular flexibility index (Phi) is 3.77. The molecule has 0 bridgehead atoms. The van der Waals surface area contributed by atoms with E-state index in [0.717, 1.165) is 31.4 Å². The van der Waals surface area contributed by atoms with Gasteiger partial charge in [-0.05, 0) is 24.2 Å². The number of alkyl halides is 1. The van der Waals surface area contributed by atoms with Gasteiger partial charge in [-0.3, -0.25) is 0 Å². The molecular weight excluding hydrogens is 305 g/mol. The molecule has 1 aromatic carbocycles. The van der Waals surface area contributed by atoms with E-state index in [0.29, 0.717) is 0 Å². The summed E-state index contributed by atoms with van der Waals surface area (Å²) in [6.45, 7) is 4.22. The zero-order valence-corrected chi connectivity index (χ0v) is 12.0. The molecule has 1 aliphatic rings. The Balaban J connectivity index is 2.37. The van der Waals surface area contributed by atoms with Crippen LogP contribution in [-0.4, -0.2) is 0 Å². The van der Waals surface area contributed by atoms with Crippen LogP contribution >= 0.6 is 15.9 Å². The lowest BCUT2D eigenvalue weighted by atomic mass is 9.78. The molecule has 0 nitrogen and oxygen atoms in total. The van der Waals surface area contributed by atoms with E-state index in [2.05, 4.69) is 29.8 Å². The Bertz CT molecular complexity index is 433. The summed E-state index contributed by atoms with van der Waals surface area (Å²) in [4.78, 5) is -0.407. The second kappa shape index (κ2) is 4.87. The molecule has 0 amide bonds. The Morgan fingerprint density at radius 3 is 2.22 bits per heavy atom. The third-order valence-electron chi connectivity index (χ3n) is 4.01. The van der Waals surface area contributed by atoms with Crippen molar-refractivity contribution < 1.29 is 13.2 Å². The quantitative estimate of drug-likeness (QED) is 0.643. The lowest BCUT2D eigenvalue weighted by molar-refractivity contribution is 0.252. The predicted octanol–water partition coefficient (Wildman–Crippen LogP) is 5.37. The first-order valence-corrected chi connectivity index (χ1v) is 7.03.